The van der Waals surface area contributed by atoms with E-state index in [4.69, 9.17) is 0 Å². The van der Waals surface area contributed by atoms with E-state index in [0.29, 0.717) is 6.42 Å². The van der Waals surface area contributed by atoms with E-state index in [-0.39, 0.29) is 5.91 Å². The third-order valence-electron chi connectivity index (χ3n) is 3.43. The average Bonchev–Trinajstić information content (AvgIpc) is 2.50. The van der Waals surface area contributed by atoms with Gasteiger partial charge in [0.1, 0.15) is 0 Å². The molecule has 1 heterocycles. The number of rotatable bonds is 3. The Bertz CT molecular complexity index is 593. The fraction of sp³-hybridized carbons (Fsp3) is 0.235. The van der Waals surface area contributed by atoms with Gasteiger partial charge in [-0.15, -0.1) is 0 Å². The largest absolute Gasteiger partial charge is 0.279 e. The Kier molecular flexibility index (Phi) is 3.79. The highest BCUT2D eigenvalue weighted by Gasteiger charge is 2.26. The molecule has 1 aliphatic rings. The van der Waals surface area contributed by atoms with Gasteiger partial charge in [-0.3, -0.25) is 9.69 Å². The van der Waals surface area contributed by atoms with Crippen LogP contribution in [0.4, 0.5) is 11.4 Å². The lowest BCUT2D eigenvalue weighted by atomic mass is 10.1. The number of hydrogen-bond acceptors (Lipinski definition) is 2. The smallest absolute Gasteiger partial charge is 0.231 e. The molecule has 0 saturated carbocycles. The number of nitrogens with zero attached hydrogens (tertiary/aromatic N) is 1. The Morgan fingerprint density at radius 1 is 1.00 bits per heavy atom. The van der Waals surface area contributed by atoms with Crippen molar-refractivity contribution >= 4 is 29.0 Å². The number of amides is 1. The van der Waals surface area contributed by atoms with Gasteiger partial charge in [0.05, 0.1) is 11.4 Å². The predicted molar refractivity (Wildman–Crippen MR) is 83.7 cm³/mol. The number of carbonyl (C=O) groups is 1. The third-order valence-corrected chi connectivity index (χ3v) is 4.56. The van der Waals surface area contributed by atoms with Gasteiger partial charge in [-0.1, -0.05) is 49.4 Å². The zero-order valence-electron chi connectivity index (χ0n) is 11.5. The van der Waals surface area contributed by atoms with Crippen molar-refractivity contribution in [1.29, 1.82) is 0 Å². The normalized spacial score (nSPS) is 12.8. The van der Waals surface area contributed by atoms with Crippen LogP contribution in [-0.2, 0) is 4.79 Å². The Balaban J connectivity index is 2.05. The Labute approximate surface area is 123 Å². The molecule has 0 atom stereocenters. The second-order valence-electron chi connectivity index (χ2n) is 4.87. The van der Waals surface area contributed by atoms with Crippen LogP contribution in [0.3, 0.4) is 0 Å². The second kappa shape index (κ2) is 5.71. The molecule has 3 heteroatoms. The minimum Gasteiger partial charge on any atom is -0.279 e. The fourth-order valence-electron chi connectivity index (χ4n) is 2.41. The van der Waals surface area contributed by atoms with E-state index in [1.807, 2.05) is 41.3 Å². The van der Waals surface area contributed by atoms with Crippen molar-refractivity contribution < 1.29 is 4.79 Å². The molecule has 0 fully saturated rings. The summed E-state index contributed by atoms with van der Waals surface area (Å²) < 4.78 is 0. The summed E-state index contributed by atoms with van der Waals surface area (Å²) >= 11 is 1.73. The first-order chi connectivity index (χ1) is 9.81. The molecule has 1 amide bonds. The first kappa shape index (κ1) is 13.3. The van der Waals surface area contributed by atoms with Gasteiger partial charge in [-0.25, -0.2) is 0 Å². The van der Waals surface area contributed by atoms with Crippen molar-refractivity contribution in [2.24, 2.45) is 0 Å². The maximum absolute atomic E-state index is 12.6. The molecule has 2 aromatic rings. The molecule has 2 nitrogen and oxygen atoms in total. The van der Waals surface area contributed by atoms with Crippen LogP contribution < -0.4 is 4.90 Å². The van der Waals surface area contributed by atoms with Crippen LogP contribution in [0, 0.1) is 0 Å². The van der Waals surface area contributed by atoms with Gasteiger partial charge >= 0.3 is 0 Å². The SMILES string of the molecule is CCCCC(=O)N1c2ccccc2Sc2ccccc21. The molecule has 0 spiro atoms. The van der Waals surface area contributed by atoms with Crippen LogP contribution in [-0.4, -0.2) is 5.91 Å². The van der Waals surface area contributed by atoms with Crippen LogP contribution in [0.15, 0.2) is 58.3 Å². The Morgan fingerprint density at radius 3 is 2.10 bits per heavy atom. The number of hydrogen-bond donors (Lipinski definition) is 0. The van der Waals surface area contributed by atoms with Gasteiger partial charge in [0.25, 0.3) is 0 Å². The highest BCUT2D eigenvalue weighted by atomic mass is 32.2. The Hall–Kier alpha value is -1.74. The van der Waals surface area contributed by atoms with E-state index in [1.165, 1.54) is 0 Å². The summed E-state index contributed by atoms with van der Waals surface area (Å²) in [5, 5.41) is 0. The molecule has 1 aliphatic heterocycles. The maximum atomic E-state index is 12.6. The number of anilines is 2. The third kappa shape index (κ3) is 2.34. The van der Waals surface area contributed by atoms with Crippen molar-refractivity contribution in [2.45, 2.75) is 36.0 Å². The summed E-state index contributed by atoms with van der Waals surface area (Å²) in [6, 6.07) is 16.3. The molecule has 0 saturated heterocycles. The Morgan fingerprint density at radius 2 is 1.55 bits per heavy atom. The molecule has 3 rings (SSSR count). The first-order valence-electron chi connectivity index (χ1n) is 7.00. The van der Waals surface area contributed by atoms with Gasteiger partial charge in [0.2, 0.25) is 5.91 Å². The lowest BCUT2D eigenvalue weighted by Gasteiger charge is -2.31. The van der Waals surface area contributed by atoms with Gasteiger partial charge in [0, 0.05) is 16.2 Å². The number of para-hydroxylation sites is 2. The zero-order valence-corrected chi connectivity index (χ0v) is 12.3. The number of benzene rings is 2. The zero-order chi connectivity index (χ0) is 13.9. The topological polar surface area (TPSA) is 20.3 Å². The predicted octanol–water partition coefficient (Wildman–Crippen LogP) is 5.01. The molecular formula is C17H17NOS. The van der Waals surface area contributed by atoms with Crippen LogP contribution >= 0.6 is 11.8 Å². The van der Waals surface area contributed by atoms with E-state index in [1.54, 1.807) is 11.8 Å². The van der Waals surface area contributed by atoms with E-state index >= 15 is 0 Å². The van der Waals surface area contributed by atoms with E-state index in [2.05, 4.69) is 19.1 Å². The van der Waals surface area contributed by atoms with Crippen molar-refractivity contribution in [3.63, 3.8) is 0 Å². The monoisotopic (exact) mass is 283 g/mol. The number of unbranched alkanes of at least 4 members (excludes halogenated alkanes) is 1. The van der Waals surface area contributed by atoms with E-state index in [0.717, 1.165) is 34.0 Å². The highest BCUT2D eigenvalue weighted by Crippen LogP contribution is 2.48. The molecule has 102 valence electrons. The van der Waals surface area contributed by atoms with Gasteiger partial charge in [-0.05, 0) is 30.7 Å². The van der Waals surface area contributed by atoms with Crippen LogP contribution in [0.5, 0.6) is 0 Å². The van der Waals surface area contributed by atoms with Crippen LogP contribution in [0.1, 0.15) is 26.2 Å². The van der Waals surface area contributed by atoms with E-state index < -0.39 is 0 Å². The summed E-state index contributed by atoms with van der Waals surface area (Å²) in [6.07, 6.45) is 2.58. The second-order valence-corrected chi connectivity index (χ2v) is 5.95. The molecule has 2 aromatic carbocycles. The molecule has 0 unspecified atom stereocenters. The number of fused-ring (bicyclic) bond motifs is 2. The van der Waals surface area contributed by atoms with Crippen molar-refractivity contribution in [3.05, 3.63) is 48.5 Å². The lowest BCUT2D eigenvalue weighted by Crippen LogP contribution is -2.28. The molecule has 0 radical (unpaired) electrons. The quantitative estimate of drug-likeness (QED) is 0.789. The molecule has 20 heavy (non-hydrogen) atoms. The summed E-state index contributed by atoms with van der Waals surface area (Å²) in [5.41, 5.74) is 2.02. The molecular weight excluding hydrogens is 266 g/mol. The maximum Gasteiger partial charge on any atom is 0.231 e. The van der Waals surface area contributed by atoms with Gasteiger partial charge in [-0.2, -0.15) is 0 Å². The standard InChI is InChI=1S/C17H17NOS/c1-2-3-12-17(19)18-13-8-4-6-10-15(13)20-16-11-7-5-9-14(16)18/h4-11H,2-3,12H2,1H3. The fourth-order valence-corrected chi connectivity index (χ4v) is 3.47. The van der Waals surface area contributed by atoms with Crippen molar-refractivity contribution in [2.75, 3.05) is 4.90 Å². The van der Waals surface area contributed by atoms with Gasteiger partial charge < -0.3 is 0 Å². The van der Waals surface area contributed by atoms with Crippen molar-refractivity contribution in [3.8, 4) is 0 Å². The summed E-state index contributed by atoms with van der Waals surface area (Å²) in [5.74, 6) is 0.187. The summed E-state index contributed by atoms with van der Waals surface area (Å²) in [6.45, 7) is 2.11. The van der Waals surface area contributed by atoms with Crippen LogP contribution in [0.25, 0.3) is 0 Å². The van der Waals surface area contributed by atoms with Crippen molar-refractivity contribution in [1.82, 2.24) is 0 Å². The summed E-state index contributed by atoms with van der Waals surface area (Å²) in [4.78, 5) is 16.8. The summed E-state index contributed by atoms with van der Waals surface area (Å²) in [7, 11) is 0. The molecule has 0 aromatic heterocycles. The molecule has 0 aliphatic carbocycles. The highest BCUT2D eigenvalue weighted by molar-refractivity contribution is 7.99. The lowest BCUT2D eigenvalue weighted by molar-refractivity contribution is -0.118. The average molecular weight is 283 g/mol. The molecule has 0 bridgehead atoms. The first-order valence-corrected chi connectivity index (χ1v) is 7.82. The number of carbonyl (C=O) groups excluding carboxylic acids is 1. The van der Waals surface area contributed by atoms with Gasteiger partial charge in [0.15, 0.2) is 0 Å². The minimum absolute atomic E-state index is 0.187. The van der Waals surface area contributed by atoms with Crippen LogP contribution in [0.2, 0.25) is 0 Å². The van der Waals surface area contributed by atoms with E-state index in [9.17, 15) is 4.79 Å². The minimum atomic E-state index is 0.187. The molecule has 0 N–H and O–H groups in total.